The number of esters is 1. The van der Waals surface area contributed by atoms with E-state index in [4.69, 9.17) is 9.15 Å². The minimum atomic E-state index is -0.416. The number of carbonyl (C=O) groups is 2. The van der Waals surface area contributed by atoms with E-state index >= 15 is 0 Å². The summed E-state index contributed by atoms with van der Waals surface area (Å²) in [6.45, 7) is 3.07. The molecule has 0 spiro atoms. The Bertz CT molecular complexity index is 1010. The highest BCUT2D eigenvalue weighted by Gasteiger charge is 2.21. The molecular weight excluding hydrogens is 364 g/mol. The second-order valence-corrected chi connectivity index (χ2v) is 7.45. The number of ether oxygens (including phenoxy) is 1. The fourth-order valence-corrected chi connectivity index (χ4v) is 4.21. The molecule has 1 aliphatic rings. The first-order valence-electron chi connectivity index (χ1n) is 8.69. The fraction of sp³-hybridized carbons (Fsp3) is 0.250. The summed E-state index contributed by atoms with van der Waals surface area (Å²) in [5, 5.41) is 3.48. The maximum absolute atomic E-state index is 12.7. The van der Waals surface area contributed by atoms with Gasteiger partial charge in [0.15, 0.2) is 5.13 Å². The molecule has 0 unspecified atom stereocenters. The average Bonchev–Trinajstić information content (AvgIpc) is 3.29. The zero-order valence-corrected chi connectivity index (χ0v) is 15.8. The topological polar surface area (TPSA) is 81.4 Å². The van der Waals surface area contributed by atoms with E-state index in [2.05, 4.69) is 10.3 Å². The first kappa shape index (κ1) is 17.5. The molecule has 0 bridgehead atoms. The Hall–Kier alpha value is -2.93. The van der Waals surface area contributed by atoms with Crippen LogP contribution in [0.1, 0.15) is 40.0 Å². The maximum Gasteiger partial charge on any atom is 0.308 e. The number of furan rings is 1. The van der Waals surface area contributed by atoms with Gasteiger partial charge >= 0.3 is 5.97 Å². The summed E-state index contributed by atoms with van der Waals surface area (Å²) in [5.41, 5.74) is 2.14. The second-order valence-electron chi connectivity index (χ2n) is 6.37. The van der Waals surface area contributed by atoms with Crippen molar-refractivity contribution in [1.29, 1.82) is 0 Å². The highest BCUT2D eigenvalue weighted by Crippen LogP contribution is 2.34. The number of nitrogens with one attached hydrogen (secondary N) is 1. The molecule has 0 saturated carbocycles. The zero-order valence-electron chi connectivity index (χ0n) is 15.0. The van der Waals surface area contributed by atoms with Crippen LogP contribution in [0.5, 0.6) is 5.75 Å². The average molecular weight is 382 g/mol. The lowest BCUT2D eigenvalue weighted by Gasteiger charge is -2.05. The summed E-state index contributed by atoms with van der Waals surface area (Å²) in [6.07, 6.45) is 3.14. The van der Waals surface area contributed by atoms with Gasteiger partial charge in [0, 0.05) is 11.8 Å². The van der Waals surface area contributed by atoms with E-state index in [-0.39, 0.29) is 5.91 Å². The predicted molar refractivity (Wildman–Crippen MR) is 102 cm³/mol. The van der Waals surface area contributed by atoms with Crippen molar-refractivity contribution < 1.29 is 18.7 Å². The van der Waals surface area contributed by atoms with Crippen molar-refractivity contribution in [2.45, 2.75) is 33.1 Å². The number of rotatable bonds is 4. The Morgan fingerprint density at radius 2 is 2.07 bits per heavy atom. The summed E-state index contributed by atoms with van der Waals surface area (Å²) in [4.78, 5) is 29.7. The Kier molecular flexibility index (Phi) is 4.53. The molecule has 0 aliphatic heterocycles. The minimum absolute atomic E-state index is 0.264. The van der Waals surface area contributed by atoms with Crippen molar-refractivity contribution in [3.05, 3.63) is 52.2 Å². The molecule has 0 fully saturated rings. The molecule has 4 rings (SSSR count). The number of thiazole rings is 1. The number of anilines is 1. The van der Waals surface area contributed by atoms with Crippen molar-refractivity contribution in [2.75, 3.05) is 5.32 Å². The van der Waals surface area contributed by atoms with E-state index < -0.39 is 5.97 Å². The van der Waals surface area contributed by atoms with Crippen LogP contribution < -0.4 is 10.1 Å². The predicted octanol–water partition coefficient (Wildman–Crippen LogP) is 4.38. The molecule has 1 amide bonds. The summed E-state index contributed by atoms with van der Waals surface area (Å²) >= 11 is 1.53. The van der Waals surface area contributed by atoms with E-state index in [0.717, 1.165) is 25.0 Å². The molecule has 1 N–H and O–H groups in total. The Morgan fingerprint density at radius 3 is 2.85 bits per heavy atom. The third-order valence-electron chi connectivity index (χ3n) is 4.38. The minimum Gasteiger partial charge on any atom is -0.460 e. The van der Waals surface area contributed by atoms with E-state index in [1.807, 2.05) is 6.07 Å². The molecule has 7 heteroatoms. The number of aryl methyl sites for hydroxylation is 3. The molecular formula is C20H18N2O4S. The summed E-state index contributed by atoms with van der Waals surface area (Å²) in [5.74, 6) is 0.669. The van der Waals surface area contributed by atoms with Gasteiger partial charge in [0.05, 0.1) is 16.8 Å². The summed E-state index contributed by atoms with van der Waals surface area (Å²) in [6, 6.07) is 8.72. The van der Waals surface area contributed by atoms with E-state index in [9.17, 15) is 9.59 Å². The van der Waals surface area contributed by atoms with Gasteiger partial charge in [-0.3, -0.25) is 14.9 Å². The highest BCUT2D eigenvalue weighted by molar-refractivity contribution is 7.16. The van der Waals surface area contributed by atoms with E-state index in [1.165, 1.54) is 23.1 Å². The quantitative estimate of drug-likeness (QED) is 0.535. The molecule has 1 aliphatic carbocycles. The third-order valence-corrected chi connectivity index (χ3v) is 5.46. The van der Waals surface area contributed by atoms with Gasteiger partial charge in [-0.25, -0.2) is 4.98 Å². The molecule has 0 atom stereocenters. The lowest BCUT2D eigenvalue weighted by Crippen LogP contribution is -2.12. The van der Waals surface area contributed by atoms with Crippen LogP contribution in [0.3, 0.4) is 0 Å². The first-order valence-corrected chi connectivity index (χ1v) is 9.51. The van der Waals surface area contributed by atoms with Crippen LogP contribution in [-0.4, -0.2) is 16.9 Å². The SMILES string of the molecule is CC(=O)Oc1ccccc1-c1cc(C(=O)Nc2nc3c(s2)CCC3)c(C)o1. The molecule has 2 heterocycles. The van der Waals surface area contributed by atoms with Gasteiger partial charge in [0.1, 0.15) is 17.3 Å². The lowest BCUT2D eigenvalue weighted by atomic mass is 10.1. The second kappa shape index (κ2) is 7.00. The normalized spacial score (nSPS) is 12.7. The fourth-order valence-electron chi connectivity index (χ4n) is 3.16. The smallest absolute Gasteiger partial charge is 0.308 e. The monoisotopic (exact) mass is 382 g/mol. The van der Waals surface area contributed by atoms with Crippen LogP contribution in [0.25, 0.3) is 11.3 Å². The van der Waals surface area contributed by atoms with Crippen LogP contribution in [0.4, 0.5) is 5.13 Å². The molecule has 1 aromatic carbocycles. The largest absolute Gasteiger partial charge is 0.460 e. The van der Waals surface area contributed by atoms with Gasteiger partial charge in [-0.15, -0.1) is 11.3 Å². The lowest BCUT2D eigenvalue weighted by molar-refractivity contribution is -0.131. The van der Waals surface area contributed by atoms with E-state index in [0.29, 0.717) is 33.5 Å². The maximum atomic E-state index is 12.7. The van der Waals surface area contributed by atoms with Crippen LogP contribution in [-0.2, 0) is 17.6 Å². The molecule has 3 aromatic rings. The number of fused-ring (bicyclic) bond motifs is 1. The van der Waals surface area contributed by atoms with Gasteiger partial charge < -0.3 is 9.15 Å². The van der Waals surface area contributed by atoms with Crippen LogP contribution in [0.15, 0.2) is 34.7 Å². The number of hydrogen-bond donors (Lipinski definition) is 1. The van der Waals surface area contributed by atoms with Gasteiger partial charge in [0.25, 0.3) is 5.91 Å². The molecule has 0 saturated heterocycles. The number of para-hydroxylation sites is 1. The number of benzene rings is 1. The molecule has 138 valence electrons. The van der Waals surface area contributed by atoms with Gasteiger partial charge in [-0.05, 0) is 44.4 Å². The first-order chi connectivity index (χ1) is 13.0. The highest BCUT2D eigenvalue weighted by atomic mass is 32.1. The third kappa shape index (κ3) is 3.50. The van der Waals surface area contributed by atoms with Crippen molar-refractivity contribution in [2.24, 2.45) is 0 Å². The summed E-state index contributed by atoms with van der Waals surface area (Å²) in [7, 11) is 0. The van der Waals surface area contributed by atoms with Crippen LogP contribution in [0, 0.1) is 6.92 Å². The van der Waals surface area contributed by atoms with Crippen LogP contribution in [0.2, 0.25) is 0 Å². The number of amides is 1. The Balaban J connectivity index is 1.59. The Labute approximate surface area is 160 Å². The van der Waals surface area contributed by atoms with Gasteiger partial charge in [0.2, 0.25) is 0 Å². The molecule has 6 nitrogen and oxygen atoms in total. The van der Waals surface area contributed by atoms with Crippen LogP contribution >= 0.6 is 11.3 Å². The number of carbonyl (C=O) groups excluding carboxylic acids is 2. The van der Waals surface area contributed by atoms with Gasteiger partial charge in [-0.1, -0.05) is 12.1 Å². The van der Waals surface area contributed by atoms with Crippen molar-refractivity contribution in [3.63, 3.8) is 0 Å². The zero-order chi connectivity index (χ0) is 19.0. The Morgan fingerprint density at radius 1 is 1.26 bits per heavy atom. The van der Waals surface area contributed by atoms with Crippen molar-refractivity contribution in [3.8, 4) is 17.1 Å². The van der Waals surface area contributed by atoms with Crippen molar-refractivity contribution >= 4 is 28.3 Å². The summed E-state index contributed by atoms with van der Waals surface area (Å²) < 4.78 is 11.0. The van der Waals surface area contributed by atoms with Gasteiger partial charge in [-0.2, -0.15) is 0 Å². The van der Waals surface area contributed by atoms with Crippen molar-refractivity contribution in [1.82, 2.24) is 4.98 Å². The molecule has 0 radical (unpaired) electrons. The molecule has 2 aromatic heterocycles. The number of nitrogens with zero attached hydrogens (tertiary/aromatic N) is 1. The van der Waals surface area contributed by atoms with E-state index in [1.54, 1.807) is 31.2 Å². The number of hydrogen-bond acceptors (Lipinski definition) is 6. The molecule has 27 heavy (non-hydrogen) atoms. The number of aromatic nitrogens is 1. The standard InChI is InChI=1S/C20H18N2O4S/c1-11-14(19(24)22-20-21-15-7-5-9-18(15)27-20)10-17(25-11)13-6-3-4-8-16(13)26-12(2)23/h3-4,6,8,10H,5,7,9H2,1-2H3,(H,21,22,24).